The molecule has 0 fully saturated rings. The Balaban J connectivity index is 2.80. The first kappa shape index (κ1) is 12.1. The Morgan fingerprint density at radius 2 is 2.00 bits per heavy atom. The van der Waals surface area contributed by atoms with E-state index < -0.39 is 0 Å². The van der Waals surface area contributed by atoms with Crippen molar-refractivity contribution in [1.29, 1.82) is 0 Å². The molecule has 0 aliphatic heterocycles. The van der Waals surface area contributed by atoms with Crippen molar-refractivity contribution < 1.29 is 9.90 Å². The molecule has 80 valence electrons. The van der Waals surface area contributed by atoms with Crippen molar-refractivity contribution in [3.8, 4) is 0 Å². The second kappa shape index (κ2) is 5.83. The highest BCUT2D eigenvalue weighted by molar-refractivity contribution is 9.11. The Labute approximate surface area is 97.8 Å². The lowest BCUT2D eigenvalue weighted by Gasteiger charge is -1.99. The lowest BCUT2D eigenvalue weighted by molar-refractivity contribution is 0.101. The third kappa shape index (κ3) is 3.98. The molecule has 0 unspecified atom stereocenters. The number of hydrogen-bond acceptors (Lipinski definition) is 2. The topological polar surface area (TPSA) is 37.3 Å². The fourth-order valence-electron chi connectivity index (χ4n) is 1.17. The molecule has 15 heavy (non-hydrogen) atoms. The van der Waals surface area contributed by atoms with Gasteiger partial charge >= 0.3 is 0 Å². The summed E-state index contributed by atoms with van der Waals surface area (Å²) in [6.07, 6.45) is 2.54. The van der Waals surface area contributed by atoms with Gasteiger partial charge in [0, 0.05) is 18.6 Å². The molecule has 0 aliphatic carbocycles. The van der Waals surface area contributed by atoms with Crippen molar-refractivity contribution in [2.45, 2.75) is 13.3 Å². The molecular weight excluding hydrogens is 256 g/mol. The van der Waals surface area contributed by atoms with E-state index in [4.69, 9.17) is 5.11 Å². The molecular formula is C12H13BrO2. The van der Waals surface area contributed by atoms with Gasteiger partial charge < -0.3 is 5.11 Å². The van der Waals surface area contributed by atoms with Gasteiger partial charge in [-0.3, -0.25) is 4.79 Å². The van der Waals surface area contributed by atoms with E-state index in [1.807, 2.05) is 18.2 Å². The van der Waals surface area contributed by atoms with Gasteiger partial charge in [0.1, 0.15) is 0 Å². The van der Waals surface area contributed by atoms with Crippen LogP contribution >= 0.6 is 15.9 Å². The van der Waals surface area contributed by atoms with Gasteiger partial charge in [0.2, 0.25) is 0 Å². The summed E-state index contributed by atoms with van der Waals surface area (Å²) in [5.41, 5.74) is 1.73. The van der Waals surface area contributed by atoms with Crippen LogP contribution in [0.25, 0.3) is 6.08 Å². The van der Waals surface area contributed by atoms with Gasteiger partial charge in [-0.25, -0.2) is 0 Å². The molecule has 1 rings (SSSR count). The van der Waals surface area contributed by atoms with E-state index in [9.17, 15) is 4.79 Å². The number of rotatable bonds is 4. The van der Waals surface area contributed by atoms with E-state index in [1.54, 1.807) is 19.1 Å². The van der Waals surface area contributed by atoms with E-state index in [0.29, 0.717) is 12.0 Å². The Morgan fingerprint density at radius 3 is 2.47 bits per heavy atom. The predicted molar refractivity (Wildman–Crippen MR) is 65.1 cm³/mol. The van der Waals surface area contributed by atoms with Gasteiger partial charge in [-0.2, -0.15) is 0 Å². The molecule has 1 aromatic carbocycles. The van der Waals surface area contributed by atoms with Gasteiger partial charge in [0.05, 0.1) is 0 Å². The van der Waals surface area contributed by atoms with E-state index in [-0.39, 0.29) is 12.4 Å². The van der Waals surface area contributed by atoms with Crippen LogP contribution < -0.4 is 0 Å². The third-order valence-corrected chi connectivity index (χ3v) is 2.62. The molecule has 0 aromatic heterocycles. The average Bonchev–Trinajstić information content (AvgIpc) is 2.18. The minimum Gasteiger partial charge on any atom is -0.396 e. The van der Waals surface area contributed by atoms with Crippen molar-refractivity contribution in [1.82, 2.24) is 0 Å². The van der Waals surface area contributed by atoms with Crippen molar-refractivity contribution in [2.24, 2.45) is 0 Å². The fraction of sp³-hybridized carbons (Fsp3) is 0.250. The van der Waals surface area contributed by atoms with Crippen molar-refractivity contribution in [3.63, 3.8) is 0 Å². The maximum atomic E-state index is 11.0. The van der Waals surface area contributed by atoms with Crippen LogP contribution in [0.5, 0.6) is 0 Å². The van der Waals surface area contributed by atoms with E-state index in [0.717, 1.165) is 10.0 Å². The molecule has 0 bridgehead atoms. The Morgan fingerprint density at radius 1 is 1.40 bits per heavy atom. The minimum absolute atomic E-state index is 0.0694. The molecule has 0 heterocycles. The molecule has 0 spiro atoms. The molecule has 1 N–H and O–H groups in total. The summed E-state index contributed by atoms with van der Waals surface area (Å²) >= 11 is 3.36. The fourth-order valence-corrected chi connectivity index (χ4v) is 1.62. The molecule has 1 aromatic rings. The number of halogens is 1. The first-order valence-electron chi connectivity index (χ1n) is 4.71. The summed E-state index contributed by atoms with van der Waals surface area (Å²) in [5, 5.41) is 8.72. The van der Waals surface area contributed by atoms with Gasteiger partial charge in [0.25, 0.3) is 0 Å². The lowest BCUT2D eigenvalue weighted by Crippen LogP contribution is -1.90. The summed E-state index contributed by atoms with van der Waals surface area (Å²) in [5.74, 6) is 0.0694. The Bertz CT molecular complexity index is 366. The van der Waals surface area contributed by atoms with Crippen LogP contribution in [-0.4, -0.2) is 17.5 Å². The molecule has 0 saturated carbocycles. The number of Topliss-reactive ketones (excluding diaryl/α,β-unsaturated/α-hetero) is 1. The standard InChI is InChI=1S/C12H13BrO2/c1-9(15)11-4-2-10(3-5-11)8-12(13)6-7-14/h2-5,8,14H,6-7H2,1H3/b12-8+. The largest absolute Gasteiger partial charge is 0.396 e. The maximum absolute atomic E-state index is 11.0. The second-order valence-corrected chi connectivity index (χ2v) is 4.26. The summed E-state index contributed by atoms with van der Waals surface area (Å²) in [7, 11) is 0. The number of ketones is 1. The summed E-state index contributed by atoms with van der Waals surface area (Å²) in [6, 6.07) is 7.37. The van der Waals surface area contributed by atoms with Crippen LogP contribution in [-0.2, 0) is 0 Å². The highest BCUT2D eigenvalue weighted by Gasteiger charge is 1.98. The summed E-state index contributed by atoms with van der Waals surface area (Å²) in [6.45, 7) is 1.68. The molecule has 3 heteroatoms. The zero-order chi connectivity index (χ0) is 11.3. The maximum Gasteiger partial charge on any atom is 0.159 e. The number of aliphatic hydroxyl groups is 1. The van der Waals surface area contributed by atoms with Crippen molar-refractivity contribution in [3.05, 3.63) is 39.9 Å². The average molecular weight is 269 g/mol. The molecule has 0 saturated heterocycles. The van der Waals surface area contributed by atoms with Crippen LogP contribution in [0.2, 0.25) is 0 Å². The zero-order valence-electron chi connectivity index (χ0n) is 8.53. The van der Waals surface area contributed by atoms with E-state index in [1.165, 1.54) is 0 Å². The zero-order valence-corrected chi connectivity index (χ0v) is 10.1. The summed E-state index contributed by atoms with van der Waals surface area (Å²) < 4.78 is 0.945. The molecule has 0 amide bonds. The van der Waals surface area contributed by atoms with Crippen LogP contribution in [0.1, 0.15) is 29.3 Å². The number of carbonyl (C=O) groups is 1. The third-order valence-electron chi connectivity index (χ3n) is 1.99. The Kier molecular flexibility index (Phi) is 4.72. The van der Waals surface area contributed by atoms with Crippen LogP contribution in [0.4, 0.5) is 0 Å². The van der Waals surface area contributed by atoms with Gasteiger partial charge in [-0.05, 0) is 23.0 Å². The summed E-state index contributed by atoms with van der Waals surface area (Å²) in [4.78, 5) is 11.0. The predicted octanol–water partition coefficient (Wildman–Crippen LogP) is 3.01. The lowest BCUT2D eigenvalue weighted by atomic mass is 10.1. The molecule has 0 aliphatic rings. The van der Waals surface area contributed by atoms with Crippen molar-refractivity contribution >= 4 is 27.8 Å². The van der Waals surface area contributed by atoms with E-state index >= 15 is 0 Å². The first-order chi connectivity index (χ1) is 7.13. The van der Waals surface area contributed by atoms with Crippen LogP contribution in [0.3, 0.4) is 0 Å². The number of aliphatic hydroxyl groups excluding tert-OH is 1. The van der Waals surface area contributed by atoms with E-state index in [2.05, 4.69) is 15.9 Å². The van der Waals surface area contributed by atoms with Gasteiger partial charge in [-0.1, -0.05) is 40.2 Å². The first-order valence-corrected chi connectivity index (χ1v) is 5.50. The molecule has 2 nitrogen and oxygen atoms in total. The highest BCUT2D eigenvalue weighted by atomic mass is 79.9. The smallest absolute Gasteiger partial charge is 0.159 e. The quantitative estimate of drug-likeness (QED) is 0.853. The van der Waals surface area contributed by atoms with Gasteiger partial charge in [-0.15, -0.1) is 0 Å². The van der Waals surface area contributed by atoms with Crippen LogP contribution in [0.15, 0.2) is 28.7 Å². The van der Waals surface area contributed by atoms with Crippen molar-refractivity contribution in [2.75, 3.05) is 6.61 Å². The number of hydrogen-bond donors (Lipinski definition) is 1. The minimum atomic E-state index is 0.0694. The monoisotopic (exact) mass is 268 g/mol. The molecule has 0 radical (unpaired) electrons. The molecule has 0 atom stereocenters. The number of carbonyl (C=O) groups excluding carboxylic acids is 1. The second-order valence-electron chi connectivity index (χ2n) is 3.24. The van der Waals surface area contributed by atoms with Gasteiger partial charge in [0.15, 0.2) is 5.78 Å². The number of benzene rings is 1. The van der Waals surface area contributed by atoms with Crippen LogP contribution in [0, 0.1) is 0 Å². The highest BCUT2D eigenvalue weighted by Crippen LogP contribution is 2.16. The normalized spacial score (nSPS) is 11.5. The Hall–Kier alpha value is -0.930. The SMILES string of the molecule is CC(=O)c1ccc(/C=C(/Br)CCO)cc1.